The molecule has 2 saturated heterocycles. The highest BCUT2D eigenvalue weighted by Gasteiger charge is 2.24. The van der Waals surface area contributed by atoms with Gasteiger partial charge in [0.25, 0.3) is 0 Å². The lowest BCUT2D eigenvalue weighted by atomic mass is 10.1. The molecule has 2 rings (SSSR count). The molecule has 5 heteroatoms. The molecule has 116 valence electrons. The molecule has 0 aromatic carbocycles. The van der Waals surface area contributed by atoms with E-state index < -0.39 is 0 Å². The maximum absolute atomic E-state index is 12.1. The van der Waals surface area contributed by atoms with Gasteiger partial charge in [0, 0.05) is 51.9 Å². The van der Waals surface area contributed by atoms with Crippen LogP contribution in [0.1, 0.15) is 32.6 Å². The number of nitrogens with zero attached hydrogens (tertiary/aromatic N) is 2. The van der Waals surface area contributed by atoms with Gasteiger partial charge in [-0.05, 0) is 19.3 Å². The van der Waals surface area contributed by atoms with Crippen LogP contribution in [0.3, 0.4) is 0 Å². The topological polar surface area (TPSA) is 42.0 Å². The van der Waals surface area contributed by atoms with Gasteiger partial charge in [-0.1, -0.05) is 6.92 Å². The smallest absolute Gasteiger partial charge is 0.222 e. The van der Waals surface area contributed by atoms with E-state index in [2.05, 4.69) is 9.80 Å². The predicted molar refractivity (Wildman–Crippen MR) is 77.7 cm³/mol. The van der Waals surface area contributed by atoms with Crippen molar-refractivity contribution in [1.29, 1.82) is 0 Å². The van der Waals surface area contributed by atoms with Gasteiger partial charge < -0.3 is 14.4 Å². The molecule has 2 heterocycles. The summed E-state index contributed by atoms with van der Waals surface area (Å²) >= 11 is 0. The number of rotatable bonds is 6. The van der Waals surface area contributed by atoms with E-state index in [0.29, 0.717) is 18.4 Å². The Labute approximate surface area is 122 Å². The largest absolute Gasteiger partial charge is 0.381 e. The molecule has 0 spiro atoms. The lowest BCUT2D eigenvalue weighted by Crippen LogP contribution is -2.45. The van der Waals surface area contributed by atoms with Crippen LogP contribution in [0.4, 0.5) is 0 Å². The second-order valence-corrected chi connectivity index (χ2v) is 5.59. The Hall–Kier alpha value is -0.650. The van der Waals surface area contributed by atoms with Crippen LogP contribution < -0.4 is 0 Å². The van der Waals surface area contributed by atoms with Crippen molar-refractivity contribution in [3.05, 3.63) is 0 Å². The molecule has 0 aromatic rings. The standard InChI is InChI=1S/C15H28N2O3/c1-2-15(18)17(14-4-10-19-11-5-14)7-3-6-16-8-12-20-13-9-16/h14H,2-13H2,1H3. The van der Waals surface area contributed by atoms with Crippen molar-refractivity contribution < 1.29 is 14.3 Å². The Balaban J connectivity index is 1.76. The van der Waals surface area contributed by atoms with Gasteiger partial charge >= 0.3 is 0 Å². The van der Waals surface area contributed by atoms with Crippen molar-refractivity contribution in [3.63, 3.8) is 0 Å². The molecule has 2 fully saturated rings. The molecular formula is C15H28N2O3. The van der Waals surface area contributed by atoms with Gasteiger partial charge in [-0.3, -0.25) is 9.69 Å². The summed E-state index contributed by atoms with van der Waals surface area (Å²) in [6.07, 6.45) is 3.64. The molecule has 2 aliphatic rings. The molecule has 2 aliphatic heterocycles. The number of carbonyl (C=O) groups is 1. The molecule has 0 saturated carbocycles. The molecule has 0 aliphatic carbocycles. The maximum Gasteiger partial charge on any atom is 0.222 e. The van der Waals surface area contributed by atoms with Crippen LogP contribution in [0.2, 0.25) is 0 Å². The summed E-state index contributed by atoms with van der Waals surface area (Å²) in [6.45, 7) is 9.24. The Morgan fingerprint density at radius 3 is 2.45 bits per heavy atom. The molecule has 5 nitrogen and oxygen atoms in total. The lowest BCUT2D eigenvalue weighted by molar-refractivity contribution is -0.135. The Morgan fingerprint density at radius 2 is 1.80 bits per heavy atom. The Kier molecular flexibility index (Phi) is 6.76. The maximum atomic E-state index is 12.1. The molecule has 20 heavy (non-hydrogen) atoms. The normalized spacial score (nSPS) is 21.9. The summed E-state index contributed by atoms with van der Waals surface area (Å²) in [5, 5.41) is 0. The fourth-order valence-electron chi connectivity index (χ4n) is 3.00. The molecular weight excluding hydrogens is 256 g/mol. The zero-order chi connectivity index (χ0) is 14.2. The van der Waals surface area contributed by atoms with Crippen LogP contribution in [0, 0.1) is 0 Å². The van der Waals surface area contributed by atoms with Crippen molar-refractivity contribution in [1.82, 2.24) is 9.80 Å². The van der Waals surface area contributed by atoms with Gasteiger partial charge in [-0.15, -0.1) is 0 Å². The summed E-state index contributed by atoms with van der Waals surface area (Å²) in [6, 6.07) is 0.390. The first-order valence-electron chi connectivity index (χ1n) is 7.98. The first kappa shape index (κ1) is 15.7. The SMILES string of the molecule is CCC(=O)N(CCCN1CCOCC1)C1CCOCC1. The van der Waals surface area contributed by atoms with Gasteiger partial charge in [-0.25, -0.2) is 0 Å². The van der Waals surface area contributed by atoms with E-state index in [-0.39, 0.29) is 0 Å². The third kappa shape index (κ3) is 4.72. The van der Waals surface area contributed by atoms with Crippen molar-refractivity contribution in [2.75, 3.05) is 52.6 Å². The third-order valence-electron chi connectivity index (χ3n) is 4.23. The fourth-order valence-corrected chi connectivity index (χ4v) is 3.00. The number of amides is 1. The molecule has 0 atom stereocenters. The summed E-state index contributed by atoms with van der Waals surface area (Å²) < 4.78 is 10.8. The van der Waals surface area contributed by atoms with Crippen molar-refractivity contribution in [3.8, 4) is 0 Å². The summed E-state index contributed by atoms with van der Waals surface area (Å²) in [4.78, 5) is 16.7. The van der Waals surface area contributed by atoms with Gasteiger partial charge in [0.15, 0.2) is 0 Å². The number of hydrogen-bond donors (Lipinski definition) is 0. The Morgan fingerprint density at radius 1 is 1.15 bits per heavy atom. The Bertz CT molecular complexity index is 287. The first-order chi connectivity index (χ1) is 9.81. The number of ether oxygens (including phenoxy) is 2. The lowest BCUT2D eigenvalue weighted by Gasteiger charge is -2.35. The zero-order valence-electron chi connectivity index (χ0n) is 12.7. The second kappa shape index (κ2) is 8.60. The van der Waals surface area contributed by atoms with E-state index >= 15 is 0 Å². The second-order valence-electron chi connectivity index (χ2n) is 5.59. The quantitative estimate of drug-likeness (QED) is 0.733. The number of carbonyl (C=O) groups excluding carboxylic acids is 1. The average molecular weight is 284 g/mol. The fraction of sp³-hybridized carbons (Fsp3) is 0.933. The van der Waals surface area contributed by atoms with Gasteiger partial charge in [0.2, 0.25) is 5.91 Å². The van der Waals surface area contributed by atoms with Gasteiger partial charge in [-0.2, -0.15) is 0 Å². The summed E-state index contributed by atoms with van der Waals surface area (Å²) in [5.41, 5.74) is 0. The van der Waals surface area contributed by atoms with Crippen LogP contribution in [0.15, 0.2) is 0 Å². The predicted octanol–water partition coefficient (Wildman–Crippen LogP) is 1.13. The van der Waals surface area contributed by atoms with Crippen molar-refractivity contribution >= 4 is 5.91 Å². The number of hydrogen-bond acceptors (Lipinski definition) is 4. The highest BCUT2D eigenvalue weighted by Crippen LogP contribution is 2.16. The molecule has 0 aromatic heterocycles. The molecule has 0 unspecified atom stereocenters. The van der Waals surface area contributed by atoms with E-state index in [1.54, 1.807) is 0 Å². The number of morpholine rings is 1. The van der Waals surface area contributed by atoms with E-state index in [0.717, 1.165) is 71.9 Å². The monoisotopic (exact) mass is 284 g/mol. The van der Waals surface area contributed by atoms with Crippen LogP contribution >= 0.6 is 0 Å². The van der Waals surface area contributed by atoms with Crippen LogP contribution in [-0.2, 0) is 14.3 Å². The molecule has 0 bridgehead atoms. The summed E-state index contributed by atoms with van der Waals surface area (Å²) in [7, 11) is 0. The third-order valence-corrected chi connectivity index (χ3v) is 4.23. The van der Waals surface area contributed by atoms with Crippen molar-refractivity contribution in [2.45, 2.75) is 38.6 Å². The average Bonchev–Trinajstić information content (AvgIpc) is 2.53. The molecule has 0 N–H and O–H groups in total. The van der Waals surface area contributed by atoms with E-state index in [9.17, 15) is 4.79 Å². The van der Waals surface area contributed by atoms with Gasteiger partial charge in [0.1, 0.15) is 0 Å². The highest BCUT2D eigenvalue weighted by atomic mass is 16.5. The van der Waals surface area contributed by atoms with Gasteiger partial charge in [0.05, 0.1) is 13.2 Å². The first-order valence-corrected chi connectivity index (χ1v) is 7.98. The minimum atomic E-state index is 0.291. The minimum absolute atomic E-state index is 0.291. The van der Waals surface area contributed by atoms with Crippen LogP contribution in [-0.4, -0.2) is 74.4 Å². The van der Waals surface area contributed by atoms with E-state index in [4.69, 9.17) is 9.47 Å². The van der Waals surface area contributed by atoms with Crippen LogP contribution in [0.25, 0.3) is 0 Å². The van der Waals surface area contributed by atoms with Crippen molar-refractivity contribution in [2.24, 2.45) is 0 Å². The van der Waals surface area contributed by atoms with Crippen LogP contribution in [0.5, 0.6) is 0 Å². The molecule has 0 radical (unpaired) electrons. The van der Waals surface area contributed by atoms with E-state index in [1.165, 1.54) is 0 Å². The summed E-state index contributed by atoms with van der Waals surface area (Å²) in [5.74, 6) is 0.291. The molecule has 1 amide bonds. The minimum Gasteiger partial charge on any atom is -0.381 e. The zero-order valence-corrected chi connectivity index (χ0v) is 12.7. The highest BCUT2D eigenvalue weighted by molar-refractivity contribution is 5.76. The van der Waals surface area contributed by atoms with E-state index in [1.807, 2.05) is 6.92 Å².